The zero-order valence-corrected chi connectivity index (χ0v) is 10.5. The van der Waals surface area contributed by atoms with Crippen molar-refractivity contribution in [2.24, 2.45) is 5.73 Å². The molecule has 0 aliphatic heterocycles. The monoisotopic (exact) mass is 235 g/mol. The van der Waals surface area contributed by atoms with Gasteiger partial charge in [-0.15, -0.1) is 11.3 Å². The fraction of sp³-hybridized carbons (Fsp3) is 0.417. The normalized spacial score (nSPS) is 12.9. The molecule has 1 atom stereocenters. The molecular weight excluding hydrogens is 218 g/mol. The molecule has 16 heavy (non-hydrogen) atoms. The summed E-state index contributed by atoms with van der Waals surface area (Å²) in [6, 6.07) is 6.18. The van der Waals surface area contributed by atoms with E-state index in [-0.39, 0.29) is 6.04 Å². The third-order valence-electron chi connectivity index (χ3n) is 2.69. The van der Waals surface area contributed by atoms with Gasteiger partial charge in [0.2, 0.25) is 0 Å². The molecule has 2 aromatic heterocycles. The van der Waals surface area contributed by atoms with E-state index < -0.39 is 0 Å². The van der Waals surface area contributed by atoms with Crippen molar-refractivity contribution < 1.29 is 0 Å². The highest BCUT2D eigenvalue weighted by atomic mass is 32.1. The predicted octanol–water partition coefficient (Wildman–Crippen LogP) is 2.58. The van der Waals surface area contributed by atoms with Gasteiger partial charge in [0, 0.05) is 11.4 Å². The highest BCUT2D eigenvalue weighted by Gasteiger charge is 2.15. The number of hydrogen-bond acceptors (Lipinski definition) is 3. The van der Waals surface area contributed by atoms with E-state index in [9.17, 15) is 0 Å². The molecule has 86 valence electrons. The number of hydrogen-bond donors (Lipinski definition) is 1. The molecule has 2 heterocycles. The summed E-state index contributed by atoms with van der Waals surface area (Å²) in [5.74, 6) is 0. The zero-order chi connectivity index (χ0) is 11.5. The summed E-state index contributed by atoms with van der Waals surface area (Å²) >= 11 is 1.70. The molecule has 0 saturated heterocycles. The van der Waals surface area contributed by atoms with E-state index in [1.807, 2.05) is 10.7 Å². The second kappa shape index (κ2) is 4.80. The van der Waals surface area contributed by atoms with Crippen LogP contribution in [0, 0.1) is 0 Å². The molecular formula is C12H17N3S. The number of nitrogens with two attached hydrogens (primary N) is 1. The highest BCUT2D eigenvalue weighted by molar-refractivity contribution is 7.10. The third-order valence-corrected chi connectivity index (χ3v) is 3.65. The van der Waals surface area contributed by atoms with Crippen molar-refractivity contribution in [2.75, 3.05) is 0 Å². The maximum Gasteiger partial charge on any atom is 0.0817 e. The Morgan fingerprint density at radius 1 is 1.50 bits per heavy atom. The molecule has 0 aliphatic carbocycles. The minimum absolute atomic E-state index is 0.0484. The molecule has 3 nitrogen and oxygen atoms in total. The van der Waals surface area contributed by atoms with Gasteiger partial charge in [-0.2, -0.15) is 5.10 Å². The van der Waals surface area contributed by atoms with Crippen LogP contribution in [0.4, 0.5) is 0 Å². The standard InChI is InChI=1S/C12H17N3S/c1-3-9-8-10(15(4-2)14-9)12(13)11-6-5-7-16-11/h5-8,12H,3-4,13H2,1-2H3. The maximum absolute atomic E-state index is 6.25. The van der Waals surface area contributed by atoms with E-state index in [4.69, 9.17) is 5.73 Å². The van der Waals surface area contributed by atoms with E-state index in [0.717, 1.165) is 24.4 Å². The van der Waals surface area contributed by atoms with Crippen molar-refractivity contribution >= 4 is 11.3 Å². The Labute approximate surface area is 99.9 Å². The molecule has 2 rings (SSSR count). The summed E-state index contributed by atoms with van der Waals surface area (Å²) in [5.41, 5.74) is 8.48. The summed E-state index contributed by atoms with van der Waals surface area (Å²) in [5, 5.41) is 6.58. The van der Waals surface area contributed by atoms with E-state index in [1.54, 1.807) is 11.3 Å². The number of rotatable bonds is 4. The van der Waals surface area contributed by atoms with Gasteiger partial charge in [0.1, 0.15) is 0 Å². The van der Waals surface area contributed by atoms with E-state index in [1.165, 1.54) is 4.88 Å². The molecule has 1 unspecified atom stereocenters. The minimum atomic E-state index is -0.0484. The fourth-order valence-corrected chi connectivity index (χ4v) is 2.52. The van der Waals surface area contributed by atoms with Crippen LogP contribution in [-0.4, -0.2) is 9.78 Å². The maximum atomic E-state index is 6.25. The average Bonchev–Trinajstić information content (AvgIpc) is 2.96. The van der Waals surface area contributed by atoms with E-state index in [0.29, 0.717) is 0 Å². The largest absolute Gasteiger partial charge is 0.318 e. The van der Waals surface area contributed by atoms with Gasteiger partial charge in [-0.1, -0.05) is 13.0 Å². The van der Waals surface area contributed by atoms with Crippen LogP contribution in [0.2, 0.25) is 0 Å². The van der Waals surface area contributed by atoms with Crippen molar-refractivity contribution in [1.29, 1.82) is 0 Å². The van der Waals surface area contributed by atoms with Gasteiger partial charge in [0.15, 0.2) is 0 Å². The molecule has 0 bridgehead atoms. The van der Waals surface area contributed by atoms with Gasteiger partial charge >= 0.3 is 0 Å². The summed E-state index contributed by atoms with van der Waals surface area (Å²) in [6.07, 6.45) is 0.956. The first-order valence-corrected chi connectivity index (χ1v) is 6.49. The first-order chi connectivity index (χ1) is 7.76. The van der Waals surface area contributed by atoms with Crippen LogP contribution in [0.3, 0.4) is 0 Å². The Kier molecular flexibility index (Phi) is 3.41. The second-order valence-electron chi connectivity index (χ2n) is 3.72. The lowest BCUT2D eigenvalue weighted by atomic mass is 10.1. The fourth-order valence-electron chi connectivity index (χ4n) is 1.78. The van der Waals surface area contributed by atoms with Crippen LogP contribution in [0.25, 0.3) is 0 Å². The van der Waals surface area contributed by atoms with Crippen LogP contribution >= 0.6 is 11.3 Å². The van der Waals surface area contributed by atoms with E-state index in [2.05, 4.69) is 36.5 Å². The van der Waals surface area contributed by atoms with Crippen molar-refractivity contribution in [1.82, 2.24) is 9.78 Å². The summed E-state index contributed by atoms with van der Waals surface area (Å²) < 4.78 is 2.00. The number of nitrogens with zero attached hydrogens (tertiary/aromatic N) is 2. The van der Waals surface area contributed by atoms with Crippen molar-refractivity contribution in [3.63, 3.8) is 0 Å². The molecule has 0 saturated carbocycles. The molecule has 0 amide bonds. The van der Waals surface area contributed by atoms with Gasteiger partial charge < -0.3 is 5.73 Å². The zero-order valence-electron chi connectivity index (χ0n) is 9.68. The Bertz CT molecular complexity index is 445. The lowest BCUT2D eigenvalue weighted by molar-refractivity contribution is 0.597. The second-order valence-corrected chi connectivity index (χ2v) is 4.70. The molecule has 0 radical (unpaired) electrons. The van der Waals surface area contributed by atoms with Crippen LogP contribution < -0.4 is 5.73 Å². The van der Waals surface area contributed by atoms with Gasteiger partial charge in [-0.3, -0.25) is 4.68 Å². The molecule has 4 heteroatoms. The quantitative estimate of drug-likeness (QED) is 0.885. The Hall–Kier alpha value is -1.13. The molecule has 0 spiro atoms. The molecule has 0 aromatic carbocycles. The number of aryl methyl sites for hydroxylation is 2. The molecule has 0 aliphatic rings. The van der Waals surface area contributed by atoms with Gasteiger partial charge in [0.25, 0.3) is 0 Å². The SMILES string of the molecule is CCc1cc(C(N)c2cccs2)n(CC)n1. The lowest BCUT2D eigenvalue weighted by Crippen LogP contribution is -2.15. The predicted molar refractivity (Wildman–Crippen MR) is 67.6 cm³/mol. The Morgan fingerprint density at radius 3 is 2.88 bits per heavy atom. The summed E-state index contributed by atoms with van der Waals surface area (Å²) in [6.45, 7) is 5.08. The molecule has 2 aromatic rings. The molecule has 0 fully saturated rings. The Morgan fingerprint density at radius 2 is 2.31 bits per heavy atom. The third kappa shape index (κ3) is 2.03. The van der Waals surface area contributed by atoms with Gasteiger partial charge in [-0.25, -0.2) is 0 Å². The van der Waals surface area contributed by atoms with Crippen LogP contribution in [0.1, 0.15) is 36.2 Å². The van der Waals surface area contributed by atoms with Crippen molar-refractivity contribution in [3.8, 4) is 0 Å². The first kappa shape index (κ1) is 11.4. The first-order valence-electron chi connectivity index (χ1n) is 5.61. The minimum Gasteiger partial charge on any atom is -0.318 e. The van der Waals surface area contributed by atoms with Crippen LogP contribution in [0.15, 0.2) is 23.6 Å². The number of aromatic nitrogens is 2. The average molecular weight is 235 g/mol. The smallest absolute Gasteiger partial charge is 0.0817 e. The summed E-state index contributed by atoms with van der Waals surface area (Å²) in [7, 11) is 0. The lowest BCUT2D eigenvalue weighted by Gasteiger charge is -2.11. The van der Waals surface area contributed by atoms with E-state index >= 15 is 0 Å². The summed E-state index contributed by atoms with van der Waals surface area (Å²) in [4.78, 5) is 1.19. The van der Waals surface area contributed by atoms with Crippen molar-refractivity contribution in [2.45, 2.75) is 32.9 Å². The Balaban J connectivity index is 2.35. The van der Waals surface area contributed by atoms with Crippen molar-refractivity contribution in [3.05, 3.63) is 39.8 Å². The van der Waals surface area contributed by atoms with Gasteiger partial charge in [-0.05, 0) is 30.9 Å². The topological polar surface area (TPSA) is 43.8 Å². The highest BCUT2D eigenvalue weighted by Crippen LogP contribution is 2.24. The van der Waals surface area contributed by atoms with Crippen LogP contribution in [0.5, 0.6) is 0 Å². The molecule has 2 N–H and O–H groups in total. The van der Waals surface area contributed by atoms with Crippen LogP contribution in [-0.2, 0) is 13.0 Å². The number of thiophene rings is 1. The van der Waals surface area contributed by atoms with Gasteiger partial charge in [0.05, 0.1) is 17.4 Å².